The van der Waals surface area contributed by atoms with E-state index in [0.29, 0.717) is 11.3 Å². The third kappa shape index (κ3) is 1.79. The molecule has 2 heterocycles. The van der Waals surface area contributed by atoms with Crippen LogP contribution in [0.3, 0.4) is 0 Å². The lowest BCUT2D eigenvalue weighted by atomic mass is 10.2. The summed E-state index contributed by atoms with van der Waals surface area (Å²) < 4.78 is 26.9. The highest BCUT2D eigenvalue weighted by molar-refractivity contribution is 5.33. The molecule has 0 amide bonds. The molecule has 0 aliphatic rings. The average molecular weight is 224 g/mol. The molecular weight excluding hydrogens is 214 g/mol. The van der Waals surface area contributed by atoms with E-state index in [1.54, 1.807) is 12.1 Å². The fraction of sp³-hybridized carbons (Fsp3) is 0.200. The Bertz CT molecular complexity index is 467. The second-order valence-electron chi connectivity index (χ2n) is 3.18. The van der Waals surface area contributed by atoms with E-state index in [9.17, 15) is 8.78 Å². The minimum atomic E-state index is -2.60. The van der Waals surface area contributed by atoms with E-state index in [4.69, 9.17) is 5.73 Å². The number of hydrogen-bond donors (Lipinski definition) is 1. The van der Waals surface area contributed by atoms with Gasteiger partial charge in [0, 0.05) is 24.5 Å². The molecule has 2 aromatic heterocycles. The van der Waals surface area contributed by atoms with Crippen molar-refractivity contribution in [2.45, 2.75) is 13.0 Å². The molecule has 84 valence electrons. The summed E-state index contributed by atoms with van der Waals surface area (Å²) in [7, 11) is 0. The highest BCUT2D eigenvalue weighted by Crippen LogP contribution is 2.25. The molecule has 0 fully saturated rings. The van der Waals surface area contributed by atoms with Crippen LogP contribution in [-0.4, -0.2) is 14.8 Å². The van der Waals surface area contributed by atoms with Crippen LogP contribution in [0.1, 0.15) is 17.7 Å². The normalized spacial score (nSPS) is 11.0. The van der Waals surface area contributed by atoms with Crippen LogP contribution in [0.4, 0.5) is 8.78 Å². The Labute approximate surface area is 90.7 Å². The maximum Gasteiger partial charge on any atom is 0.280 e. The Morgan fingerprint density at radius 3 is 2.56 bits per heavy atom. The molecule has 0 aromatic carbocycles. The highest BCUT2D eigenvalue weighted by atomic mass is 19.3. The second kappa shape index (κ2) is 4.36. The number of alkyl halides is 2. The average Bonchev–Trinajstić information content (AvgIpc) is 2.73. The SMILES string of the molecule is NCc1cnn(-c2ccncc2)c1C(F)F. The summed E-state index contributed by atoms with van der Waals surface area (Å²) in [4.78, 5) is 3.82. The van der Waals surface area contributed by atoms with Gasteiger partial charge in [-0.15, -0.1) is 0 Å². The Morgan fingerprint density at radius 2 is 2.00 bits per heavy atom. The molecular formula is C10H10F2N4. The van der Waals surface area contributed by atoms with Crippen LogP contribution < -0.4 is 5.73 Å². The standard InChI is InChI=1S/C10H10F2N4/c11-10(12)9-7(5-13)6-15-16(9)8-1-3-14-4-2-8/h1-4,6,10H,5,13H2. The number of aromatic nitrogens is 3. The third-order valence-electron chi connectivity index (χ3n) is 2.22. The fourth-order valence-electron chi connectivity index (χ4n) is 1.47. The van der Waals surface area contributed by atoms with E-state index in [1.807, 2.05) is 0 Å². The van der Waals surface area contributed by atoms with Crippen LogP contribution in [0.5, 0.6) is 0 Å². The third-order valence-corrected chi connectivity index (χ3v) is 2.22. The molecule has 0 aliphatic carbocycles. The van der Waals surface area contributed by atoms with Gasteiger partial charge in [-0.2, -0.15) is 5.10 Å². The molecule has 2 aromatic rings. The van der Waals surface area contributed by atoms with Crippen LogP contribution in [0, 0.1) is 0 Å². The Morgan fingerprint density at radius 1 is 1.31 bits per heavy atom. The first-order valence-corrected chi connectivity index (χ1v) is 4.69. The maximum atomic E-state index is 12.9. The van der Waals surface area contributed by atoms with Crippen LogP contribution in [0.15, 0.2) is 30.7 Å². The predicted molar refractivity (Wildman–Crippen MR) is 54.2 cm³/mol. The molecule has 16 heavy (non-hydrogen) atoms. The summed E-state index contributed by atoms with van der Waals surface area (Å²) in [6.07, 6.45) is 1.80. The molecule has 4 nitrogen and oxygen atoms in total. The Balaban J connectivity index is 2.53. The fourth-order valence-corrected chi connectivity index (χ4v) is 1.47. The summed E-state index contributed by atoms with van der Waals surface area (Å²) >= 11 is 0. The van der Waals surface area contributed by atoms with Crippen LogP contribution in [0.25, 0.3) is 5.69 Å². The lowest BCUT2D eigenvalue weighted by molar-refractivity contribution is 0.141. The van der Waals surface area contributed by atoms with E-state index >= 15 is 0 Å². The lowest BCUT2D eigenvalue weighted by Crippen LogP contribution is -2.06. The van der Waals surface area contributed by atoms with Gasteiger partial charge in [0.15, 0.2) is 0 Å². The first-order chi connectivity index (χ1) is 7.74. The molecule has 0 radical (unpaired) electrons. The maximum absolute atomic E-state index is 12.9. The first-order valence-electron chi connectivity index (χ1n) is 4.69. The van der Waals surface area contributed by atoms with Gasteiger partial charge >= 0.3 is 0 Å². The summed E-state index contributed by atoms with van der Waals surface area (Å²) in [6.45, 7) is 0.0464. The summed E-state index contributed by atoms with van der Waals surface area (Å²) in [5.74, 6) is 0. The minimum absolute atomic E-state index is 0.0464. The molecule has 2 N–H and O–H groups in total. The molecule has 2 rings (SSSR count). The highest BCUT2D eigenvalue weighted by Gasteiger charge is 2.19. The van der Waals surface area contributed by atoms with Crippen molar-refractivity contribution >= 4 is 0 Å². The van der Waals surface area contributed by atoms with Crippen LogP contribution in [-0.2, 0) is 6.54 Å². The van der Waals surface area contributed by atoms with Gasteiger partial charge in [0.2, 0.25) is 0 Å². The van der Waals surface area contributed by atoms with Gasteiger partial charge < -0.3 is 5.73 Å². The predicted octanol–water partition coefficient (Wildman–Crippen LogP) is 1.66. The van der Waals surface area contributed by atoms with Crippen LogP contribution >= 0.6 is 0 Å². The molecule has 0 aliphatic heterocycles. The van der Waals surface area contributed by atoms with Gasteiger partial charge in [0.25, 0.3) is 6.43 Å². The van der Waals surface area contributed by atoms with E-state index in [-0.39, 0.29) is 12.2 Å². The van der Waals surface area contributed by atoms with Crippen molar-refractivity contribution in [2.24, 2.45) is 5.73 Å². The largest absolute Gasteiger partial charge is 0.326 e. The van der Waals surface area contributed by atoms with Crippen molar-refractivity contribution < 1.29 is 8.78 Å². The number of halogens is 2. The van der Waals surface area contributed by atoms with Crippen molar-refractivity contribution in [3.8, 4) is 5.69 Å². The van der Waals surface area contributed by atoms with Gasteiger partial charge in [0.05, 0.1) is 11.9 Å². The van der Waals surface area contributed by atoms with Gasteiger partial charge in [0.1, 0.15) is 5.69 Å². The molecule has 0 saturated carbocycles. The van der Waals surface area contributed by atoms with Crippen molar-refractivity contribution in [2.75, 3.05) is 0 Å². The van der Waals surface area contributed by atoms with E-state index in [0.717, 1.165) is 0 Å². The smallest absolute Gasteiger partial charge is 0.280 e. The zero-order valence-electron chi connectivity index (χ0n) is 8.35. The van der Waals surface area contributed by atoms with Crippen molar-refractivity contribution in [1.82, 2.24) is 14.8 Å². The van der Waals surface area contributed by atoms with Gasteiger partial charge in [-0.3, -0.25) is 4.98 Å². The molecule has 0 atom stereocenters. The number of pyridine rings is 1. The first kappa shape index (κ1) is 10.7. The quantitative estimate of drug-likeness (QED) is 0.862. The van der Waals surface area contributed by atoms with Crippen molar-refractivity contribution in [1.29, 1.82) is 0 Å². The van der Waals surface area contributed by atoms with Crippen molar-refractivity contribution in [3.05, 3.63) is 42.0 Å². The zero-order valence-corrected chi connectivity index (χ0v) is 8.35. The Hall–Kier alpha value is -1.82. The second-order valence-corrected chi connectivity index (χ2v) is 3.18. The zero-order chi connectivity index (χ0) is 11.5. The molecule has 0 bridgehead atoms. The van der Waals surface area contributed by atoms with Crippen molar-refractivity contribution in [3.63, 3.8) is 0 Å². The van der Waals surface area contributed by atoms with Crippen LogP contribution in [0.2, 0.25) is 0 Å². The van der Waals surface area contributed by atoms with E-state index in [1.165, 1.54) is 23.3 Å². The minimum Gasteiger partial charge on any atom is -0.326 e. The van der Waals surface area contributed by atoms with E-state index < -0.39 is 6.43 Å². The monoisotopic (exact) mass is 224 g/mol. The molecule has 0 spiro atoms. The van der Waals surface area contributed by atoms with Gasteiger partial charge in [-0.25, -0.2) is 13.5 Å². The number of hydrogen-bond acceptors (Lipinski definition) is 3. The van der Waals surface area contributed by atoms with Gasteiger partial charge in [-0.1, -0.05) is 0 Å². The molecule has 0 unspecified atom stereocenters. The number of nitrogens with zero attached hydrogens (tertiary/aromatic N) is 3. The molecule has 6 heteroatoms. The summed E-state index contributed by atoms with van der Waals surface area (Å²) in [5, 5.41) is 3.91. The number of nitrogens with two attached hydrogens (primary N) is 1. The summed E-state index contributed by atoms with van der Waals surface area (Å²) in [5.41, 5.74) is 6.12. The Kier molecular flexibility index (Phi) is 2.91. The number of rotatable bonds is 3. The molecule has 0 saturated heterocycles. The van der Waals surface area contributed by atoms with Gasteiger partial charge in [-0.05, 0) is 12.1 Å². The topological polar surface area (TPSA) is 56.7 Å². The summed E-state index contributed by atoms with van der Waals surface area (Å²) in [6, 6.07) is 3.22. The lowest BCUT2D eigenvalue weighted by Gasteiger charge is -2.07. The van der Waals surface area contributed by atoms with E-state index in [2.05, 4.69) is 10.1 Å².